The number of rotatable bonds is 3. The molecule has 15 heavy (non-hydrogen) atoms. The van der Waals surface area contributed by atoms with Crippen LogP contribution in [-0.4, -0.2) is 15.2 Å². The predicted octanol–water partition coefficient (Wildman–Crippen LogP) is 2.05. The lowest BCUT2D eigenvalue weighted by molar-refractivity contribution is -0.116. The maximum atomic E-state index is 13.2. The summed E-state index contributed by atoms with van der Waals surface area (Å²) in [7, 11) is -1.77. The maximum absolute atomic E-state index is 13.2. The van der Waals surface area contributed by atoms with E-state index < -0.39 is 27.7 Å². The van der Waals surface area contributed by atoms with Crippen LogP contribution >= 0.6 is 0 Å². The SMILES string of the molecule is CC(=O)C(C)S(=O)c1ccc(F)cc1F. The van der Waals surface area contributed by atoms with Gasteiger partial charge in [-0.15, -0.1) is 0 Å². The van der Waals surface area contributed by atoms with Gasteiger partial charge < -0.3 is 0 Å². The zero-order valence-corrected chi connectivity index (χ0v) is 9.11. The summed E-state index contributed by atoms with van der Waals surface area (Å²) in [6.07, 6.45) is 0. The fourth-order valence-corrected chi connectivity index (χ4v) is 2.12. The first-order chi connectivity index (χ1) is 6.93. The average Bonchev–Trinajstić information content (AvgIpc) is 2.15. The third-order valence-corrected chi connectivity index (χ3v) is 3.74. The molecule has 0 spiro atoms. The van der Waals surface area contributed by atoms with Gasteiger partial charge in [0.25, 0.3) is 0 Å². The van der Waals surface area contributed by atoms with Crippen molar-refractivity contribution in [2.45, 2.75) is 24.0 Å². The monoisotopic (exact) mass is 232 g/mol. The summed E-state index contributed by atoms with van der Waals surface area (Å²) in [5, 5.41) is -0.787. The molecule has 0 amide bonds. The van der Waals surface area contributed by atoms with Gasteiger partial charge in [-0.3, -0.25) is 9.00 Å². The Labute approximate surface area is 88.8 Å². The van der Waals surface area contributed by atoms with Gasteiger partial charge in [0.2, 0.25) is 0 Å². The highest BCUT2D eigenvalue weighted by Crippen LogP contribution is 2.17. The third-order valence-electron chi connectivity index (χ3n) is 2.00. The van der Waals surface area contributed by atoms with Crippen molar-refractivity contribution in [2.75, 3.05) is 0 Å². The summed E-state index contributed by atoms with van der Waals surface area (Å²) in [6, 6.07) is 2.77. The second kappa shape index (κ2) is 4.61. The minimum Gasteiger partial charge on any atom is -0.299 e. The standard InChI is InChI=1S/C10H10F2O2S/c1-6(13)7(2)15(14)10-4-3-8(11)5-9(10)12/h3-5,7H,1-2H3. The Balaban J connectivity index is 3.07. The van der Waals surface area contributed by atoms with Gasteiger partial charge in [0.1, 0.15) is 17.4 Å². The molecule has 2 unspecified atom stereocenters. The van der Waals surface area contributed by atoms with Crippen molar-refractivity contribution in [3.8, 4) is 0 Å². The molecule has 0 bridgehead atoms. The van der Waals surface area contributed by atoms with Crippen molar-refractivity contribution < 1.29 is 17.8 Å². The van der Waals surface area contributed by atoms with Crippen molar-refractivity contribution in [1.29, 1.82) is 0 Å². The Morgan fingerprint density at radius 1 is 1.40 bits per heavy atom. The highest BCUT2D eigenvalue weighted by Gasteiger charge is 2.20. The van der Waals surface area contributed by atoms with Crippen LogP contribution in [0, 0.1) is 11.6 Å². The molecule has 0 saturated heterocycles. The van der Waals surface area contributed by atoms with Gasteiger partial charge >= 0.3 is 0 Å². The zero-order valence-electron chi connectivity index (χ0n) is 8.29. The van der Waals surface area contributed by atoms with E-state index in [9.17, 15) is 17.8 Å². The van der Waals surface area contributed by atoms with E-state index in [1.54, 1.807) is 0 Å². The molecule has 82 valence electrons. The highest BCUT2D eigenvalue weighted by atomic mass is 32.2. The first-order valence-corrected chi connectivity index (χ1v) is 5.51. The average molecular weight is 232 g/mol. The van der Waals surface area contributed by atoms with Gasteiger partial charge in [-0.1, -0.05) is 0 Å². The van der Waals surface area contributed by atoms with E-state index in [1.165, 1.54) is 13.8 Å². The van der Waals surface area contributed by atoms with Crippen molar-refractivity contribution in [2.24, 2.45) is 0 Å². The number of carbonyl (C=O) groups is 1. The number of hydrogen-bond donors (Lipinski definition) is 0. The molecule has 0 fully saturated rings. The van der Waals surface area contributed by atoms with Crippen molar-refractivity contribution in [3.63, 3.8) is 0 Å². The van der Waals surface area contributed by atoms with E-state index in [4.69, 9.17) is 0 Å². The highest BCUT2D eigenvalue weighted by molar-refractivity contribution is 7.86. The molecule has 0 N–H and O–H groups in total. The second-order valence-electron chi connectivity index (χ2n) is 3.13. The molecule has 2 atom stereocenters. The maximum Gasteiger partial charge on any atom is 0.145 e. The normalized spacial score (nSPS) is 14.7. The Kier molecular flexibility index (Phi) is 3.68. The first-order valence-electron chi connectivity index (χ1n) is 4.29. The summed E-state index contributed by atoms with van der Waals surface area (Å²) < 4.78 is 37.4. The van der Waals surface area contributed by atoms with Crippen molar-refractivity contribution in [3.05, 3.63) is 29.8 Å². The molecule has 0 aliphatic carbocycles. The molecular weight excluding hydrogens is 222 g/mol. The van der Waals surface area contributed by atoms with Crippen LogP contribution in [0.25, 0.3) is 0 Å². The van der Waals surface area contributed by atoms with Crippen LogP contribution in [0.3, 0.4) is 0 Å². The molecule has 0 saturated carbocycles. The van der Waals surface area contributed by atoms with Gasteiger partial charge in [-0.05, 0) is 26.0 Å². The van der Waals surface area contributed by atoms with E-state index in [-0.39, 0.29) is 10.7 Å². The molecule has 0 aliphatic rings. The van der Waals surface area contributed by atoms with Crippen LogP contribution in [0.1, 0.15) is 13.8 Å². The molecule has 1 aromatic carbocycles. The molecule has 0 radical (unpaired) electrons. The number of hydrogen-bond acceptors (Lipinski definition) is 2. The van der Waals surface area contributed by atoms with Crippen molar-refractivity contribution in [1.82, 2.24) is 0 Å². The molecule has 2 nitrogen and oxygen atoms in total. The molecule has 1 rings (SSSR count). The third kappa shape index (κ3) is 2.68. The minimum atomic E-state index is -1.77. The summed E-state index contributed by atoms with van der Waals surface area (Å²) >= 11 is 0. The molecule has 1 aromatic rings. The fraction of sp³-hybridized carbons (Fsp3) is 0.300. The predicted molar refractivity (Wildman–Crippen MR) is 52.9 cm³/mol. The smallest absolute Gasteiger partial charge is 0.145 e. The van der Waals surface area contributed by atoms with E-state index >= 15 is 0 Å². The minimum absolute atomic E-state index is 0.140. The molecular formula is C10H10F2O2S. The quantitative estimate of drug-likeness (QED) is 0.799. The van der Waals surface area contributed by atoms with Crippen LogP contribution < -0.4 is 0 Å². The zero-order chi connectivity index (χ0) is 11.6. The van der Waals surface area contributed by atoms with Crippen LogP contribution in [0.15, 0.2) is 23.1 Å². The molecule has 0 aliphatic heterocycles. The van der Waals surface area contributed by atoms with Gasteiger partial charge in [-0.25, -0.2) is 8.78 Å². The number of ketones is 1. The molecule has 0 heterocycles. The number of Topliss-reactive ketones (excluding diaryl/α,β-unsaturated/α-hetero) is 1. The lowest BCUT2D eigenvalue weighted by Gasteiger charge is -2.08. The van der Waals surface area contributed by atoms with Crippen LogP contribution in [0.4, 0.5) is 8.78 Å². The van der Waals surface area contributed by atoms with E-state index in [1.807, 2.05) is 0 Å². The van der Waals surface area contributed by atoms with Crippen LogP contribution in [-0.2, 0) is 15.6 Å². The first kappa shape index (κ1) is 12.0. The summed E-state index contributed by atoms with van der Waals surface area (Å²) in [4.78, 5) is 10.8. The van der Waals surface area contributed by atoms with Gasteiger partial charge in [0, 0.05) is 6.07 Å². The number of halogens is 2. The summed E-state index contributed by atoms with van der Waals surface area (Å²) in [5.74, 6) is -1.91. The van der Waals surface area contributed by atoms with Crippen molar-refractivity contribution >= 4 is 16.6 Å². The lowest BCUT2D eigenvalue weighted by Crippen LogP contribution is -2.20. The number of benzene rings is 1. The Morgan fingerprint density at radius 2 is 2.00 bits per heavy atom. The second-order valence-corrected chi connectivity index (χ2v) is 4.87. The number of carbonyl (C=O) groups excluding carboxylic acids is 1. The Bertz CT molecular complexity index is 418. The van der Waals surface area contributed by atoms with E-state index in [0.29, 0.717) is 6.07 Å². The summed E-state index contributed by atoms with van der Waals surface area (Å²) in [5.41, 5.74) is 0. The molecule has 0 aromatic heterocycles. The van der Waals surface area contributed by atoms with Gasteiger partial charge in [0.05, 0.1) is 20.9 Å². The topological polar surface area (TPSA) is 34.1 Å². The molecule has 5 heteroatoms. The van der Waals surface area contributed by atoms with Crippen LogP contribution in [0.2, 0.25) is 0 Å². The van der Waals surface area contributed by atoms with E-state index in [2.05, 4.69) is 0 Å². The van der Waals surface area contributed by atoms with Gasteiger partial charge in [0.15, 0.2) is 0 Å². The van der Waals surface area contributed by atoms with Crippen LogP contribution in [0.5, 0.6) is 0 Å². The fourth-order valence-electron chi connectivity index (χ4n) is 0.980. The van der Waals surface area contributed by atoms with Gasteiger partial charge in [-0.2, -0.15) is 0 Å². The summed E-state index contributed by atoms with van der Waals surface area (Å²) in [6.45, 7) is 2.73. The Hall–Kier alpha value is -1.10. The van der Waals surface area contributed by atoms with E-state index in [0.717, 1.165) is 12.1 Å². The largest absolute Gasteiger partial charge is 0.299 e. The Morgan fingerprint density at radius 3 is 2.47 bits per heavy atom. The lowest BCUT2D eigenvalue weighted by atomic mass is 10.3.